The van der Waals surface area contributed by atoms with Gasteiger partial charge in [0.1, 0.15) is 5.75 Å². The lowest BCUT2D eigenvalue weighted by Gasteiger charge is -2.09. The summed E-state index contributed by atoms with van der Waals surface area (Å²) in [5.74, 6) is 0.395. The Morgan fingerprint density at radius 3 is 2.25 bits per heavy atom. The highest BCUT2D eigenvalue weighted by Crippen LogP contribution is 2.24. The summed E-state index contributed by atoms with van der Waals surface area (Å²) in [5.41, 5.74) is 0.204. The number of carbonyl (C=O) groups is 2. The number of carbonyl (C=O) groups excluding carboxylic acids is 1. The van der Waals surface area contributed by atoms with Gasteiger partial charge in [-0.3, -0.25) is 5.32 Å². The summed E-state index contributed by atoms with van der Waals surface area (Å²) in [7, 11) is 0. The highest BCUT2D eigenvalue weighted by Gasteiger charge is 2.11. The van der Waals surface area contributed by atoms with Crippen LogP contribution in [0.15, 0.2) is 54.6 Å². The summed E-state index contributed by atoms with van der Waals surface area (Å²) in [4.78, 5) is 22.2. The fourth-order valence-electron chi connectivity index (χ4n) is 1.48. The topological polar surface area (TPSA) is 84.9 Å². The summed E-state index contributed by atoms with van der Waals surface area (Å²) in [6, 6.07) is 14.6. The van der Waals surface area contributed by atoms with E-state index in [9.17, 15) is 9.59 Å². The molecule has 0 heterocycles. The summed E-state index contributed by atoms with van der Waals surface area (Å²) < 4.78 is 9.57. The molecule has 2 rings (SSSR count). The summed E-state index contributed by atoms with van der Waals surface area (Å²) in [5, 5.41) is 11.0. The van der Waals surface area contributed by atoms with E-state index in [0.717, 1.165) is 0 Å². The van der Waals surface area contributed by atoms with Crippen LogP contribution in [0.1, 0.15) is 0 Å². The summed E-state index contributed by atoms with van der Waals surface area (Å²) in [6.07, 6.45) is -2.20. The van der Waals surface area contributed by atoms with Crippen LogP contribution in [0.25, 0.3) is 0 Å². The van der Waals surface area contributed by atoms with Gasteiger partial charge >= 0.3 is 12.2 Å². The largest absolute Gasteiger partial charge is 0.511 e. The zero-order chi connectivity index (χ0) is 14.4. The molecule has 6 heteroatoms. The minimum absolute atomic E-state index is 0.0185. The van der Waals surface area contributed by atoms with Gasteiger partial charge in [-0.1, -0.05) is 30.3 Å². The van der Waals surface area contributed by atoms with Gasteiger partial charge in [-0.2, -0.15) is 0 Å². The third-order valence-electron chi connectivity index (χ3n) is 2.27. The number of carboxylic acid groups (broad SMARTS) is 1. The maximum atomic E-state index is 11.7. The number of hydrogen-bond donors (Lipinski definition) is 2. The molecule has 2 aromatic carbocycles. The van der Waals surface area contributed by atoms with Crippen molar-refractivity contribution >= 4 is 17.9 Å². The number of amides is 1. The minimum atomic E-state index is -1.46. The van der Waals surface area contributed by atoms with E-state index in [2.05, 4.69) is 10.1 Å². The van der Waals surface area contributed by atoms with Gasteiger partial charge in [0.05, 0.1) is 5.69 Å². The lowest BCUT2D eigenvalue weighted by Crippen LogP contribution is -2.17. The smallest absolute Gasteiger partial charge is 0.449 e. The van der Waals surface area contributed by atoms with Crippen LogP contribution in [0.2, 0.25) is 0 Å². The number of hydrogen-bond acceptors (Lipinski definition) is 4. The Balaban J connectivity index is 2.06. The molecule has 102 valence electrons. The fraction of sp³-hybridized carbons (Fsp3) is 0. The quantitative estimate of drug-likeness (QED) is 0.661. The first-order chi connectivity index (χ1) is 9.65. The Morgan fingerprint density at radius 1 is 0.900 bits per heavy atom. The first kappa shape index (κ1) is 13.4. The Kier molecular flexibility index (Phi) is 4.18. The van der Waals surface area contributed by atoms with Gasteiger partial charge in [0, 0.05) is 0 Å². The number of anilines is 1. The third kappa shape index (κ3) is 3.74. The second kappa shape index (κ2) is 6.24. The lowest BCUT2D eigenvalue weighted by molar-refractivity contribution is 0.144. The van der Waals surface area contributed by atoms with Crippen molar-refractivity contribution in [1.29, 1.82) is 0 Å². The Morgan fingerprint density at radius 2 is 1.55 bits per heavy atom. The van der Waals surface area contributed by atoms with E-state index in [1.807, 2.05) is 0 Å². The van der Waals surface area contributed by atoms with Crippen molar-refractivity contribution in [3.63, 3.8) is 0 Å². The number of nitrogens with one attached hydrogen (secondary N) is 1. The molecule has 0 saturated heterocycles. The molecule has 0 aliphatic rings. The normalized spacial score (nSPS) is 9.60. The molecule has 0 aliphatic heterocycles. The molecule has 6 nitrogen and oxygen atoms in total. The standard InChI is InChI=1S/C14H11NO5/c16-13(19-10-6-2-1-3-7-10)15-11-8-4-5-9-12(11)20-14(17)18/h1-9H,(H,15,16)(H,17,18). The second-order valence-electron chi connectivity index (χ2n) is 3.69. The third-order valence-corrected chi connectivity index (χ3v) is 2.27. The number of rotatable bonds is 3. The molecule has 0 bridgehead atoms. The van der Waals surface area contributed by atoms with E-state index < -0.39 is 12.2 Å². The van der Waals surface area contributed by atoms with Crippen molar-refractivity contribution in [1.82, 2.24) is 0 Å². The van der Waals surface area contributed by atoms with Crippen LogP contribution in [0.4, 0.5) is 15.3 Å². The van der Waals surface area contributed by atoms with Gasteiger partial charge in [0.2, 0.25) is 0 Å². The van der Waals surface area contributed by atoms with E-state index >= 15 is 0 Å². The average Bonchev–Trinajstić information content (AvgIpc) is 2.41. The predicted octanol–water partition coefficient (Wildman–Crippen LogP) is 3.35. The zero-order valence-electron chi connectivity index (χ0n) is 10.3. The van der Waals surface area contributed by atoms with Crippen LogP contribution in [-0.2, 0) is 0 Å². The summed E-state index contributed by atoms with van der Waals surface area (Å²) >= 11 is 0. The molecule has 0 radical (unpaired) electrons. The molecule has 1 amide bonds. The first-order valence-electron chi connectivity index (χ1n) is 5.69. The highest BCUT2D eigenvalue weighted by molar-refractivity contribution is 5.88. The van der Waals surface area contributed by atoms with Crippen molar-refractivity contribution in [3.8, 4) is 11.5 Å². The van der Waals surface area contributed by atoms with Crippen LogP contribution in [0.5, 0.6) is 11.5 Å². The molecule has 0 aromatic heterocycles. The molecule has 0 spiro atoms. The van der Waals surface area contributed by atoms with Gasteiger partial charge in [-0.15, -0.1) is 0 Å². The van der Waals surface area contributed by atoms with E-state index in [0.29, 0.717) is 5.75 Å². The van der Waals surface area contributed by atoms with Crippen LogP contribution in [-0.4, -0.2) is 17.4 Å². The monoisotopic (exact) mass is 273 g/mol. The molecule has 2 N–H and O–H groups in total. The zero-order valence-corrected chi connectivity index (χ0v) is 10.3. The number of benzene rings is 2. The van der Waals surface area contributed by atoms with Gasteiger partial charge in [0.15, 0.2) is 5.75 Å². The van der Waals surface area contributed by atoms with Gasteiger partial charge < -0.3 is 14.6 Å². The minimum Gasteiger partial charge on any atom is -0.449 e. The van der Waals surface area contributed by atoms with Crippen molar-refractivity contribution in [2.75, 3.05) is 5.32 Å². The molecule has 2 aromatic rings. The molecule has 0 atom stereocenters. The van der Waals surface area contributed by atoms with Crippen LogP contribution in [0, 0.1) is 0 Å². The Hall–Kier alpha value is -3.02. The molecular weight excluding hydrogens is 262 g/mol. The second-order valence-corrected chi connectivity index (χ2v) is 3.69. The first-order valence-corrected chi connectivity index (χ1v) is 5.69. The Bertz CT molecular complexity index is 612. The van der Waals surface area contributed by atoms with Gasteiger partial charge in [-0.25, -0.2) is 9.59 Å². The SMILES string of the molecule is O=C(O)Oc1ccccc1NC(=O)Oc1ccccc1. The number of para-hydroxylation sites is 3. The molecule has 0 fully saturated rings. The summed E-state index contributed by atoms with van der Waals surface area (Å²) in [6.45, 7) is 0. The van der Waals surface area contributed by atoms with E-state index in [4.69, 9.17) is 9.84 Å². The van der Waals surface area contributed by atoms with Crippen molar-refractivity contribution < 1.29 is 24.2 Å². The fourth-order valence-corrected chi connectivity index (χ4v) is 1.48. The van der Waals surface area contributed by atoms with Crippen LogP contribution < -0.4 is 14.8 Å². The number of ether oxygens (including phenoxy) is 2. The maximum Gasteiger partial charge on any atom is 0.511 e. The van der Waals surface area contributed by atoms with Gasteiger partial charge in [0.25, 0.3) is 0 Å². The van der Waals surface area contributed by atoms with Crippen molar-refractivity contribution in [2.45, 2.75) is 0 Å². The van der Waals surface area contributed by atoms with Crippen molar-refractivity contribution in [2.24, 2.45) is 0 Å². The van der Waals surface area contributed by atoms with Crippen LogP contribution >= 0.6 is 0 Å². The molecule has 0 aliphatic carbocycles. The van der Waals surface area contributed by atoms with Gasteiger partial charge in [-0.05, 0) is 24.3 Å². The Labute approximate surface area is 114 Å². The predicted molar refractivity (Wildman–Crippen MR) is 71.2 cm³/mol. The highest BCUT2D eigenvalue weighted by atomic mass is 16.7. The van der Waals surface area contributed by atoms with E-state index in [1.165, 1.54) is 12.1 Å². The van der Waals surface area contributed by atoms with Crippen molar-refractivity contribution in [3.05, 3.63) is 54.6 Å². The van der Waals surface area contributed by atoms with E-state index in [1.54, 1.807) is 42.5 Å². The lowest BCUT2D eigenvalue weighted by atomic mass is 10.3. The molecule has 20 heavy (non-hydrogen) atoms. The van der Waals surface area contributed by atoms with E-state index in [-0.39, 0.29) is 11.4 Å². The molecule has 0 saturated carbocycles. The molecular formula is C14H11NO5. The average molecular weight is 273 g/mol. The molecule has 0 unspecified atom stereocenters. The maximum absolute atomic E-state index is 11.7. The van der Waals surface area contributed by atoms with Crippen LogP contribution in [0.3, 0.4) is 0 Å².